The lowest BCUT2D eigenvalue weighted by Gasteiger charge is -2.23. The molecule has 6 nitrogen and oxygen atoms in total. The number of amides is 2. The molecular formula is C12H22ClN3O3. The van der Waals surface area contributed by atoms with Crippen molar-refractivity contribution in [2.75, 3.05) is 39.3 Å². The van der Waals surface area contributed by atoms with Crippen molar-refractivity contribution >= 4 is 24.2 Å². The van der Waals surface area contributed by atoms with Crippen molar-refractivity contribution in [3.8, 4) is 0 Å². The predicted octanol–water partition coefficient (Wildman–Crippen LogP) is -0.475. The van der Waals surface area contributed by atoms with Crippen LogP contribution in [0, 0.1) is 0 Å². The first-order chi connectivity index (χ1) is 8.75. The highest BCUT2D eigenvalue weighted by Gasteiger charge is 2.20. The second kappa shape index (κ2) is 8.35. The van der Waals surface area contributed by atoms with Gasteiger partial charge in [0.25, 0.3) is 0 Å². The Labute approximate surface area is 119 Å². The van der Waals surface area contributed by atoms with E-state index in [-0.39, 0.29) is 36.9 Å². The Morgan fingerprint density at radius 3 is 2.68 bits per heavy atom. The molecule has 2 saturated heterocycles. The third-order valence-electron chi connectivity index (χ3n) is 3.31. The van der Waals surface area contributed by atoms with Crippen LogP contribution in [0.2, 0.25) is 0 Å². The maximum absolute atomic E-state index is 11.7. The minimum Gasteiger partial charge on any atom is -0.375 e. The quantitative estimate of drug-likeness (QED) is 0.734. The minimum absolute atomic E-state index is 0. The fraction of sp³-hybridized carbons (Fsp3) is 0.833. The normalized spacial score (nSPS) is 22.7. The Bertz CT molecular complexity index is 303. The summed E-state index contributed by atoms with van der Waals surface area (Å²) >= 11 is 0. The number of nitrogens with one attached hydrogen (secondary N) is 2. The molecule has 0 aromatic heterocycles. The molecule has 1 unspecified atom stereocenters. The highest BCUT2D eigenvalue weighted by Crippen LogP contribution is 2.07. The van der Waals surface area contributed by atoms with Gasteiger partial charge in [0.1, 0.15) is 0 Å². The van der Waals surface area contributed by atoms with E-state index in [1.54, 1.807) is 4.90 Å². The molecule has 0 radical (unpaired) electrons. The fourth-order valence-electron chi connectivity index (χ4n) is 2.28. The molecule has 110 valence electrons. The van der Waals surface area contributed by atoms with Crippen molar-refractivity contribution in [2.24, 2.45) is 0 Å². The summed E-state index contributed by atoms with van der Waals surface area (Å²) in [5.41, 5.74) is 0. The highest BCUT2D eigenvalue weighted by molar-refractivity contribution is 5.85. The van der Waals surface area contributed by atoms with E-state index < -0.39 is 0 Å². The third kappa shape index (κ3) is 5.34. The lowest BCUT2D eigenvalue weighted by Crippen LogP contribution is -2.43. The van der Waals surface area contributed by atoms with Crippen LogP contribution in [0.3, 0.4) is 0 Å². The minimum atomic E-state index is -0.115. The van der Waals surface area contributed by atoms with Crippen LogP contribution in [-0.2, 0) is 14.3 Å². The van der Waals surface area contributed by atoms with Crippen LogP contribution in [0.15, 0.2) is 0 Å². The predicted molar refractivity (Wildman–Crippen MR) is 73.3 cm³/mol. The molecule has 2 aliphatic heterocycles. The molecule has 0 aromatic rings. The van der Waals surface area contributed by atoms with E-state index >= 15 is 0 Å². The molecule has 2 amide bonds. The Kier molecular flexibility index (Phi) is 7.12. The first-order valence-electron chi connectivity index (χ1n) is 6.62. The van der Waals surface area contributed by atoms with E-state index in [9.17, 15) is 9.59 Å². The van der Waals surface area contributed by atoms with Crippen molar-refractivity contribution < 1.29 is 14.3 Å². The molecule has 7 heteroatoms. The van der Waals surface area contributed by atoms with E-state index in [0.29, 0.717) is 19.6 Å². The lowest BCUT2D eigenvalue weighted by atomic mass is 10.2. The third-order valence-corrected chi connectivity index (χ3v) is 3.31. The Balaban J connectivity index is 0.00000180. The maximum Gasteiger partial charge on any atom is 0.241 e. The van der Waals surface area contributed by atoms with Gasteiger partial charge >= 0.3 is 0 Å². The maximum atomic E-state index is 11.7. The molecule has 2 N–H and O–H groups in total. The zero-order valence-electron chi connectivity index (χ0n) is 11.0. The SMILES string of the molecule is Cl.O=C(CC1CNCCO1)NCC(=O)N1CCCC1. The van der Waals surface area contributed by atoms with Gasteiger partial charge in [0.15, 0.2) is 0 Å². The lowest BCUT2D eigenvalue weighted by molar-refractivity contribution is -0.133. The summed E-state index contributed by atoms with van der Waals surface area (Å²) in [4.78, 5) is 25.2. The van der Waals surface area contributed by atoms with E-state index in [2.05, 4.69) is 10.6 Å². The van der Waals surface area contributed by atoms with Crippen LogP contribution in [0.1, 0.15) is 19.3 Å². The van der Waals surface area contributed by atoms with Gasteiger partial charge in [0.05, 0.1) is 25.7 Å². The van der Waals surface area contributed by atoms with Crippen LogP contribution in [0.5, 0.6) is 0 Å². The number of hydrogen-bond donors (Lipinski definition) is 2. The van der Waals surface area contributed by atoms with Gasteiger partial charge in [-0.3, -0.25) is 9.59 Å². The first-order valence-corrected chi connectivity index (χ1v) is 6.62. The van der Waals surface area contributed by atoms with E-state index in [1.165, 1.54) is 0 Å². The Morgan fingerprint density at radius 2 is 2.05 bits per heavy atom. The van der Waals surface area contributed by atoms with Crippen molar-refractivity contribution in [1.29, 1.82) is 0 Å². The molecule has 1 atom stereocenters. The molecule has 0 saturated carbocycles. The molecule has 0 aromatic carbocycles. The Morgan fingerprint density at radius 1 is 1.32 bits per heavy atom. The summed E-state index contributed by atoms with van der Waals surface area (Å²) in [7, 11) is 0. The number of morpholine rings is 1. The second-order valence-corrected chi connectivity index (χ2v) is 4.77. The van der Waals surface area contributed by atoms with Gasteiger partial charge in [-0.1, -0.05) is 0 Å². The van der Waals surface area contributed by atoms with Gasteiger partial charge in [0, 0.05) is 26.2 Å². The molecule has 0 aliphatic carbocycles. The van der Waals surface area contributed by atoms with Crippen LogP contribution >= 0.6 is 12.4 Å². The van der Waals surface area contributed by atoms with Crippen LogP contribution in [-0.4, -0.2) is 62.1 Å². The number of carbonyl (C=O) groups is 2. The summed E-state index contributed by atoms with van der Waals surface area (Å²) in [6.07, 6.45) is 2.39. The standard InChI is InChI=1S/C12H21N3O3.ClH/c16-11(7-10-8-13-3-6-18-10)14-9-12(17)15-4-1-2-5-15;/h10,13H,1-9H2,(H,14,16);1H. The number of hydrogen-bond acceptors (Lipinski definition) is 4. The van der Waals surface area contributed by atoms with Gasteiger partial charge < -0.3 is 20.3 Å². The summed E-state index contributed by atoms with van der Waals surface area (Å²) in [6, 6.07) is 0. The molecule has 19 heavy (non-hydrogen) atoms. The van der Waals surface area contributed by atoms with Gasteiger partial charge in [0.2, 0.25) is 11.8 Å². The average Bonchev–Trinajstić information content (AvgIpc) is 2.91. The Hall–Kier alpha value is -0.850. The van der Waals surface area contributed by atoms with Crippen molar-refractivity contribution in [3.05, 3.63) is 0 Å². The van der Waals surface area contributed by atoms with Gasteiger partial charge in [-0.25, -0.2) is 0 Å². The second-order valence-electron chi connectivity index (χ2n) is 4.77. The monoisotopic (exact) mass is 291 g/mol. The van der Waals surface area contributed by atoms with Crippen molar-refractivity contribution in [2.45, 2.75) is 25.4 Å². The van der Waals surface area contributed by atoms with Gasteiger partial charge in [-0.15, -0.1) is 12.4 Å². The number of ether oxygens (including phenoxy) is 1. The van der Waals surface area contributed by atoms with Gasteiger partial charge in [-0.2, -0.15) is 0 Å². The summed E-state index contributed by atoms with van der Waals surface area (Å²) in [5, 5.41) is 5.84. The molecule has 2 rings (SSSR count). The van der Waals surface area contributed by atoms with E-state index in [0.717, 1.165) is 32.5 Å². The van der Waals surface area contributed by atoms with Crippen LogP contribution in [0.25, 0.3) is 0 Å². The molecule has 2 aliphatic rings. The molecule has 0 bridgehead atoms. The number of carbonyl (C=O) groups excluding carboxylic acids is 2. The zero-order chi connectivity index (χ0) is 12.8. The summed E-state index contributed by atoms with van der Waals surface area (Å²) in [5.74, 6) is -0.0974. The molecular weight excluding hydrogens is 270 g/mol. The largest absolute Gasteiger partial charge is 0.375 e. The summed E-state index contributed by atoms with van der Waals surface area (Å²) in [6.45, 7) is 3.94. The van der Waals surface area contributed by atoms with Crippen LogP contribution in [0.4, 0.5) is 0 Å². The number of halogens is 1. The number of nitrogens with zero attached hydrogens (tertiary/aromatic N) is 1. The smallest absolute Gasteiger partial charge is 0.241 e. The zero-order valence-corrected chi connectivity index (χ0v) is 11.8. The van der Waals surface area contributed by atoms with E-state index in [1.807, 2.05) is 0 Å². The van der Waals surface area contributed by atoms with Gasteiger partial charge in [-0.05, 0) is 12.8 Å². The number of likely N-dealkylation sites (tertiary alicyclic amines) is 1. The van der Waals surface area contributed by atoms with Crippen molar-refractivity contribution in [1.82, 2.24) is 15.5 Å². The molecule has 2 heterocycles. The van der Waals surface area contributed by atoms with Crippen LogP contribution < -0.4 is 10.6 Å². The fourth-order valence-corrected chi connectivity index (χ4v) is 2.28. The topological polar surface area (TPSA) is 70.7 Å². The summed E-state index contributed by atoms with van der Waals surface area (Å²) < 4.78 is 5.44. The highest BCUT2D eigenvalue weighted by atomic mass is 35.5. The average molecular weight is 292 g/mol. The molecule has 2 fully saturated rings. The van der Waals surface area contributed by atoms with Crippen molar-refractivity contribution in [3.63, 3.8) is 0 Å². The van der Waals surface area contributed by atoms with E-state index in [4.69, 9.17) is 4.74 Å². The first kappa shape index (κ1) is 16.2. The number of rotatable bonds is 4. The molecule has 0 spiro atoms.